The number of nitrogens with two attached hydrogens (primary N) is 1. The number of ether oxygens (including phenoxy) is 2. The van der Waals surface area contributed by atoms with Gasteiger partial charge < -0.3 is 15.2 Å². The van der Waals surface area contributed by atoms with Crippen LogP contribution < -0.4 is 15.2 Å². The van der Waals surface area contributed by atoms with E-state index in [-0.39, 0.29) is 6.04 Å². The molecule has 0 amide bonds. The molecule has 0 aliphatic rings. The molecule has 0 aliphatic carbocycles. The fraction of sp³-hybridized carbons (Fsp3) is 0.538. The Morgan fingerprint density at radius 1 is 1.12 bits per heavy atom. The van der Waals surface area contributed by atoms with Gasteiger partial charge in [-0.15, -0.1) is 0 Å². The monoisotopic (exact) mass is 257 g/mol. The third kappa shape index (κ3) is 3.51. The molecule has 3 nitrogen and oxygen atoms in total. The first-order chi connectivity index (χ1) is 8.13. The summed E-state index contributed by atoms with van der Waals surface area (Å²) in [5.74, 6) is 1.41. The zero-order valence-electron chi connectivity index (χ0n) is 10.6. The summed E-state index contributed by atoms with van der Waals surface area (Å²) in [7, 11) is 0. The van der Waals surface area contributed by atoms with Crippen molar-refractivity contribution in [2.75, 3.05) is 13.2 Å². The molecule has 0 radical (unpaired) electrons. The summed E-state index contributed by atoms with van der Waals surface area (Å²) in [5, 5.41) is 0.558. The molecule has 1 unspecified atom stereocenters. The van der Waals surface area contributed by atoms with Crippen molar-refractivity contribution in [3.8, 4) is 11.5 Å². The molecule has 0 bridgehead atoms. The maximum absolute atomic E-state index is 6.12. The van der Waals surface area contributed by atoms with Gasteiger partial charge in [0.2, 0.25) is 0 Å². The van der Waals surface area contributed by atoms with Crippen molar-refractivity contribution in [1.29, 1.82) is 0 Å². The molecule has 0 spiro atoms. The molecule has 0 saturated carbocycles. The zero-order valence-corrected chi connectivity index (χ0v) is 11.4. The lowest BCUT2D eigenvalue weighted by Crippen LogP contribution is -2.11. The molecule has 0 heterocycles. The third-order valence-electron chi connectivity index (χ3n) is 2.50. The van der Waals surface area contributed by atoms with Crippen molar-refractivity contribution < 1.29 is 9.47 Å². The van der Waals surface area contributed by atoms with Crippen molar-refractivity contribution in [3.63, 3.8) is 0 Å². The van der Waals surface area contributed by atoms with Crippen LogP contribution in [0.2, 0.25) is 5.02 Å². The lowest BCUT2D eigenvalue weighted by atomic mass is 10.0. The maximum atomic E-state index is 6.12. The van der Waals surface area contributed by atoms with E-state index in [0.717, 1.165) is 17.7 Å². The topological polar surface area (TPSA) is 44.5 Å². The van der Waals surface area contributed by atoms with E-state index in [1.807, 2.05) is 26.8 Å². The summed E-state index contributed by atoms with van der Waals surface area (Å²) in [6.07, 6.45) is 0.841. The van der Waals surface area contributed by atoms with E-state index in [4.69, 9.17) is 26.8 Å². The second kappa shape index (κ2) is 6.72. The van der Waals surface area contributed by atoms with Gasteiger partial charge in [0.15, 0.2) is 0 Å². The van der Waals surface area contributed by atoms with Gasteiger partial charge in [-0.2, -0.15) is 0 Å². The van der Waals surface area contributed by atoms with Crippen LogP contribution in [0.4, 0.5) is 0 Å². The first kappa shape index (κ1) is 14.1. The summed E-state index contributed by atoms with van der Waals surface area (Å²) >= 11 is 6.12. The minimum absolute atomic E-state index is 0.0620. The Kier molecular flexibility index (Phi) is 5.59. The van der Waals surface area contributed by atoms with Crippen LogP contribution in [-0.2, 0) is 0 Å². The van der Waals surface area contributed by atoms with E-state index in [2.05, 4.69) is 0 Å². The van der Waals surface area contributed by atoms with E-state index in [1.54, 1.807) is 6.07 Å². The van der Waals surface area contributed by atoms with E-state index < -0.39 is 0 Å². The fourth-order valence-corrected chi connectivity index (χ4v) is 1.82. The van der Waals surface area contributed by atoms with Gasteiger partial charge in [0.05, 0.1) is 18.2 Å². The molecule has 1 aromatic rings. The molecule has 0 aromatic heterocycles. The molecule has 1 atom stereocenters. The number of benzene rings is 1. The lowest BCUT2D eigenvalue weighted by Gasteiger charge is -2.17. The SMILES string of the molecule is CCOc1cc(C(N)CC)c(OCC)cc1Cl. The van der Waals surface area contributed by atoms with Crippen LogP contribution in [0, 0.1) is 0 Å². The molecule has 0 aliphatic heterocycles. The van der Waals surface area contributed by atoms with Gasteiger partial charge in [-0.1, -0.05) is 18.5 Å². The second-order valence-electron chi connectivity index (χ2n) is 3.70. The Labute approximate surface area is 108 Å². The molecule has 17 heavy (non-hydrogen) atoms. The smallest absolute Gasteiger partial charge is 0.138 e. The molecule has 1 aromatic carbocycles. The van der Waals surface area contributed by atoms with Crippen molar-refractivity contribution >= 4 is 11.6 Å². The molecule has 0 fully saturated rings. The van der Waals surface area contributed by atoms with E-state index in [0.29, 0.717) is 24.0 Å². The average molecular weight is 258 g/mol. The summed E-state index contributed by atoms with van der Waals surface area (Å²) in [6.45, 7) is 7.06. The van der Waals surface area contributed by atoms with E-state index in [9.17, 15) is 0 Å². The predicted octanol–water partition coefficient (Wildman–Crippen LogP) is 3.55. The summed E-state index contributed by atoms with van der Waals surface area (Å²) in [4.78, 5) is 0. The van der Waals surface area contributed by atoms with Crippen LogP contribution in [0.1, 0.15) is 38.8 Å². The van der Waals surface area contributed by atoms with Gasteiger partial charge >= 0.3 is 0 Å². The standard InChI is InChI=1S/C13H20ClNO2/c1-4-11(15)9-7-13(17-6-3)10(14)8-12(9)16-5-2/h7-8,11H,4-6,15H2,1-3H3. The van der Waals surface area contributed by atoms with E-state index >= 15 is 0 Å². The van der Waals surface area contributed by atoms with Gasteiger partial charge in [0, 0.05) is 17.7 Å². The van der Waals surface area contributed by atoms with Gasteiger partial charge in [0.25, 0.3) is 0 Å². The van der Waals surface area contributed by atoms with Gasteiger partial charge in [-0.25, -0.2) is 0 Å². The molecule has 96 valence electrons. The van der Waals surface area contributed by atoms with Crippen LogP contribution >= 0.6 is 11.6 Å². The van der Waals surface area contributed by atoms with Gasteiger partial charge in [-0.05, 0) is 26.3 Å². The first-order valence-electron chi connectivity index (χ1n) is 5.98. The summed E-state index contributed by atoms with van der Waals surface area (Å²) < 4.78 is 11.0. The number of hydrogen-bond acceptors (Lipinski definition) is 3. The Hall–Kier alpha value is -0.930. The highest BCUT2D eigenvalue weighted by molar-refractivity contribution is 6.32. The summed E-state index contributed by atoms with van der Waals surface area (Å²) in [5.41, 5.74) is 7.01. The zero-order chi connectivity index (χ0) is 12.8. The lowest BCUT2D eigenvalue weighted by molar-refractivity contribution is 0.325. The quantitative estimate of drug-likeness (QED) is 0.848. The molecular formula is C13H20ClNO2. The molecule has 0 saturated heterocycles. The number of hydrogen-bond donors (Lipinski definition) is 1. The van der Waals surface area contributed by atoms with Gasteiger partial charge in [0.1, 0.15) is 11.5 Å². The minimum Gasteiger partial charge on any atom is -0.493 e. The highest BCUT2D eigenvalue weighted by Gasteiger charge is 2.15. The number of rotatable bonds is 6. The largest absolute Gasteiger partial charge is 0.493 e. The normalized spacial score (nSPS) is 12.3. The number of halogens is 1. The second-order valence-corrected chi connectivity index (χ2v) is 4.11. The van der Waals surface area contributed by atoms with Crippen LogP contribution in [0.25, 0.3) is 0 Å². The molecule has 2 N–H and O–H groups in total. The third-order valence-corrected chi connectivity index (χ3v) is 2.80. The van der Waals surface area contributed by atoms with Crippen LogP contribution in [0.3, 0.4) is 0 Å². The Morgan fingerprint density at radius 2 is 1.71 bits per heavy atom. The van der Waals surface area contributed by atoms with Crippen LogP contribution in [-0.4, -0.2) is 13.2 Å². The van der Waals surface area contributed by atoms with Gasteiger partial charge in [-0.3, -0.25) is 0 Å². The highest BCUT2D eigenvalue weighted by Crippen LogP contribution is 2.36. The van der Waals surface area contributed by atoms with Crippen molar-refractivity contribution in [2.45, 2.75) is 33.2 Å². The Morgan fingerprint density at radius 3 is 2.24 bits per heavy atom. The molecular weight excluding hydrogens is 238 g/mol. The van der Waals surface area contributed by atoms with Crippen molar-refractivity contribution in [2.24, 2.45) is 5.73 Å². The van der Waals surface area contributed by atoms with E-state index in [1.165, 1.54) is 0 Å². The molecule has 1 rings (SSSR count). The van der Waals surface area contributed by atoms with Crippen molar-refractivity contribution in [3.05, 3.63) is 22.7 Å². The maximum Gasteiger partial charge on any atom is 0.138 e. The summed E-state index contributed by atoms with van der Waals surface area (Å²) in [6, 6.07) is 3.60. The first-order valence-corrected chi connectivity index (χ1v) is 6.36. The average Bonchev–Trinajstić information content (AvgIpc) is 2.32. The van der Waals surface area contributed by atoms with Crippen LogP contribution in [0.5, 0.6) is 11.5 Å². The Balaban J connectivity index is 3.16. The van der Waals surface area contributed by atoms with Crippen molar-refractivity contribution in [1.82, 2.24) is 0 Å². The Bertz CT molecular complexity index is 369. The highest BCUT2D eigenvalue weighted by atomic mass is 35.5. The molecule has 4 heteroatoms. The minimum atomic E-state index is -0.0620. The predicted molar refractivity (Wildman–Crippen MR) is 71.0 cm³/mol. The fourth-order valence-electron chi connectivity index (χ4n) is 1.61. The van der Waals surface area contributed by atoms with Crippen LogP contribution in [0.15, 0.2) is 12.1 Å².